The molecule has 178 valence electrons. The topological polar surface area (TPSA) is 76.9 Å². The minimum atomic E-state index is -4.66. The first kappa shape index (κ1) is 24.9. The van der Waals surface area contributed by atoms with Crippen LogP contribution in [-0.4, -0.2) is 46.4 Å². The third-order valence-electron chi connectivity index (χ3n) is 5.82. The van der Waals surface area contributed by atoms with Gasteiger partial charge in [-0.25, -0.2) is 0 Å². The van der Waals surface area contributed by atoms with Crippen LogP contribution in [0.5, 0.6) is 5.75 Å². The van der Waals surface area contributed by atoms with Crippen LogP contribution in [0.3, 0.4) is 0 Å². The molecule has 2 aromatic carbocycles. The highest BCUT2D eigenvalue weighted by molar-refractivity contribution is 5.85. The molecule has 3 aromatic rings. The first-order chi connectivity index (χ1) is 15.4. The van der Waals surface area contributed by atoms with E-state index in [9.17, 15) is 13.2 Å². The smallest absolute Gasteiger partial charge is 0.453 e. The highest BCUT2D eigenvalue weighted by atomic mass is 35.5. The van der Waals surface area contributed by atoms with E-state index in [1.165, 1.54) is 11.6 Å². The molecular formula is C22H26ClF3N6O. The number of halogens is 4. The molecule has 2 N–H and O–H groups in total. The molecule has 0 bridgehead atoms. The molecule has 1 saturated heterocycles. The third kappa shape index (κ3) is 5.45. The average Bonchev–Trinajstić information content (AvgIpc) is 3.30. The van der Waals surface area contributed by atoms with Gasteiger partial charge in [-0.15, -0.1) is 17.5 Å². The summed E-state index contributed by atoms with van der Waals surface area (Å²) in [6.07, 6.45) is -3.73. The van der Waals surface area contributed by atoms with Gasteiger partial charge in [-0.05, 0) is 54.1 Å². The van der Waals surface area contributed by atoms with Crippen LogP contribution in [0.1, 0.15) is 42.3 Å². The molecule has 1 aliphatic rings. The molecule has 3 atom stereocenters. The number of piperidine rings is 1. The summed E-state index contributed by atoms with van der Waals surface area (Å²) in [5, 5.41) is 17.0. The van der Waals surface area contributed by atoms with Gasteiger partial charge in [0.05, 0.1) is 12.8 Å². The Morgan fingerprint density at radius 2 is 1.94 bits per heavy atom. The molecule has 0 aliphatic carbocycles. The van der Waals surface area contributed by atoms with E-state index in [0.717, 1.165) is 25.1 Å². The maximum atomic E-state index is 13.3. The lowest BCUT2D eigenvalue weighted by Gasteiger charge is -2.35. The second kappa shape index (κ2) is 10.5. The van der Waals surface area contributed by atoms with Crippen molar-refractivity contribution in [2.45, 2.75) is 37.5 Å². The Morgan fingerprint density at radius 3 is 2.64 bits per heavy atom. The first-order valence-corrected chi connectivity index (χ1v) is 10.4. The molecule has 2 heterocycles. The zero-order chi connectivity index (χ0) is 22.7. The molecule has 1 aliphatic heterocycles. The fraction of sp³-hybridized carbons (Fsp3) is 0.409. The molecule has 0 radical (unpaired) electrons. The van der Waals surface area contributed by atoms with Crippen molar-refractivity contribution in [1.82, 2.24) is 30.8 Å². The van der Waals surface area contributed by atoms with Crippen molar-refractivity contribution < 1.29 is 17.9 Å². The third-order valence-corrected chi connectivity index (χ3v) is 5.82. The average molecular weight is 483 g/mol. The predicted molar refractivity (Wildman–Crippen MR) is 120 cm³/mol. The summed E-state index contributed by atoms with van der Waals surface area (Å²) in [6, 6.07) is 15.1. The van der Waals surface area contributed by atoms with Gasteiger partial charge in [0.1, 0.15) is 5.75 Å². The van der Waals surface area contributed by atoms with Gasteiger partial charge in [0.2, 0.25) is 0 Å². The molecule has 4 rings (SSSR count). The second-order valence-corrected chi connectivity index (χ2v) is 7.84. The number of ether oxygens (including phenoxy) is 1. The predicted octanol–water partition coefficient (Wildman–Crippen LogP) is 3.91. The highest BCUT2D eigenvalue weighted by Crippen LogP contribution is 2.33. The Balaban J connectivity index is 0.00000306. The van der Waals surface area contributed by atoms with Gasteiger partial charge in [0, 0.05) is 30.1 Å². The summed E-state index contributed by atoms with van der Waals surface area (Å²) >= 11 is 0. The van der Waals surface area contributed by atoms with Gasteiger partial charge in [-0.2, -0.15) is 17.9 Å². The Bertz CT molecular complexity index is 1050. The number of nitrogens with zero attached hydrogens (tertiary/aromatic N) is 4. The van der Waals surface area contributed by atoms with E-state index in [4.69, 9.17) is 4.74 Å². The summed E-state index contributed by atoms with van der Waals surface area (Å²) in [6.45, 7) is 3.73. The van der Waals surface area contributed by atoms with E-state index in [2.05, 4.69) is 38.3 Å². The number of rotatable bonds is 6. The van der Waals surface area contributed by atoms with Gasteiger partial charge in [0.15, 0.2) is 0 Å². The Morgan fingerprint density at radius 1 is 1.18 bits per heavy atom. The van der Waals surface area contributed by atoms with Crippen LogP contribution in [0.25, 0.3) is 5.69 Å². The summed E-state index contributed by atoms with van der Waals surface area (Å²) in [5.41, 5.74) is 2.20. The summed E-state index contributed by atoms with van der Waals surface area (Å²) in [5.74, 6) is -0.310. The summed E-state index contributed by atoms with van der Waals surface area (Å²) < 4.78 is 46.0. The van der Waals surface area contributed by atoms with E-state index in [0.29, 0.717) is 10.4 Å². The van der Waals surface area contributed by atoms with Crippen molar-refractivity contribution in [2.24, 2.45) is 0 Å². The van der Waals surface area contributed by atoms with Crippen molar-refractivity contribution >= 4 is 12.4 Å². The largest absolute Gasteiger partial charge is 0.496 e. The molecule has 0 amide bonds. The van der Waals surface area contributed by atoms with Crippen LogP contribution in [0.2, 0.25) is 0 Å². The van der Waals surface area contributed by atoms with E-state index < -0.39 is 12.0 Å². The van der Waals surface area contributed by atoms with E-state index in [-0.39, 0.29) is 36.1 Å². The lowest BCUT2D eigenvalue weighted by molar-refractivity contribution is -0.146. The molecule has 11 heteroatoms. The number of hydrogen-bond acceptors (Lipinski definition) is 6. The quantitative estimate of drug-likeness (QED) is 0.555. The monoisotopic (exact) mass is 482 g/mol. The molecule has 7 nitrogen and oxygen atoms in total. The van der Waals surface area contributed by atoms with E-state index >= 15 is 0 Å². The zero-order valence-corrected chi connectivity index (χ0v) is 19.0. The molecular weight excluding hydrogens is 457 g/mol. The van der Waals surface area contributed by atoms with Gasteiger partial charge in [-0.1, -0.05) is 30.3 Å². The van der Waals surface area contributed by atoms with Crippen LogP contribution < -0.4 is 15.4 Å². The van der Waals surface area contributed by atoms with Crippen molar-refractivity contribution in [3.63, 3.8) is 0 Å². The number of benzene rings is 2. The molecule has 0 saturated carbocycles. The van der Waals surface area contributed by atoms with Crippen molar-refractivity contribution in [3.8, 4) is 11.4 Å². The molecule has 0 unspecified atom stereocenters. The number of alkyl halides is 3. The van der Waals surface area contributed by atoms with Crippen molar-refractivity contribution in [1.29, 1.82) is 0 Å². The fourth-order valence-corrected chi connectivity index (χ4v) is 4.25. The maximum Gasteiger partial charge on any atom is 0.453 e. The van der Waals surface area contributed by atoms with Crippen LogP contribution in [-0.2, 0) is 6.18 Å². The number of tetrazole rings is 1. The Kier molecular flexibility index (Phi) is 7.93. The summed E-state index contributed by atoms with van der Waals surface area (Å²) in [4.78, 5) is 0. The van der Waals surface area contributed by atoms with Gasteiger partial charge in [0.25, 0.3) is 5.82 Å². The van der Waals surface area contributed by atoms with Crippen LogP contribution >= 0.6 is 12.4 Å². The van der Waals surface area contributed by atoms with Crippen molar-refractivity contribution in [3.05, 3.63) is 65.5 Å². The number of hydrogen-bond donors (Lipinski definition) is 2. The number of nitrogens with one attached hydrogen (secondary N) is 2. The second-order valence-electron chi connectivity index (χ2n) is 7.84. The van der Waals surface area contributed by atoms with Gasteiger partial charge < -0.3 is 15.4 Å². The summed E-state index contributed by atoms with van der Waals surface area (Å²) in [7, 11) is 1.54. The number of aromatic nitrogens is 4. The Labute approximate surface area is 196 Å². The normalized spacial score (nSPS) is 19.5. The molecule has 1 aromatic heterocycles. The molecule has 0 spiro atoms. The van der Waals surface area contributed by atoms with Crippen LogP contribution in [0.4, 0.5) is 13.2 Å². The zero-order valence-electron chi connectivity index (χ0n) is 18.2. The lowest BCUT2D eigenvalue weighted by atomic mass is 9.86. The minimum absolute atomic E-state index is 0. The van der Waals surface area contributed by atoms with E-state index in [1.54, 1.807) is 19.2 Å². The SMILES string of the molecule is COc1ccc(-n2nnnc2C(F)(F)F)cc1[C@@H](C)N[C@H]1CCNC[C@H]1c1ccccc1.Cl. The minimum Gasteiger partial charge on any atom is -0.496 e. The van der Waals surface area contributed by atoms with Gasteiger partial charge >= 0.3 is 6.18 Å². The Hall–Kier alpha value is -2.69. The lowest BCUT2D eigenvalue weighted by Crippen LogP contribution is -2.46. The van der Waals surface area contributed by atoms with E-state index in [1.807, 2.05) is 25.1 Å². The molecule has 1 fully saturated rings. The number of methoxy groups -OCH3 is 1. The fourth-order valence-electron chi connectivity index (χ4n) is 4.25. The van der Waals surface area contributed by atoms with Gasteiger partial charge in [-0.3, -0.25) is 0 Å². The maximum absolute atomic E-state index is 13.3. The first-order valence-electron chi connectivity index (χ1n) is 10.4. The highest BCUT2D eigenvalue weighted by Gasteiger charge is 2.38. The van der Waals surface area contributed by atoms with Crippen molar-refractivity contribution in [2.75, 3.05) is 20.2 Å². The standard InChI is InChI=1S/C22H25F3N6O.ClH/c1-14(27-19-10-11-26-13-18(19)15-6-4-3-5-7-15)17-12-16(8-9-20(17)32-2)31-21(22(23,24)25)28-29-30-31;/h3-9,12,14,18-19,26-27H,10-11,13H2,1-2H3;1H/t14-,18+,19+;/m1./s1. The van der Waals surface area contributed by atoms with Crippen LogP contribution in [0.15, 0.2) is 48.5 Å². The molecule has 33 heavy (non-hydrogen) atoms. The van der Waals surface area contributed by atoms with Crippen LogP contribution in [0, 0.1) is 0 Å².